The first-order chi connectivity index (χ1) is 15.9. The van der Waals surface area contributed by atoms with Crippen LogP contribution in [0.1, 0.15) is 55.9 Å². The van der Waals surface area contributed by atoms with E-state index < -0.39 is 0 Å². The molecule has 0 unspecified atom stereocenters. The average Bonchev–Trinajstić information content (AvgIpc) is 3.25. The van der Waals surface area contributed by atoms with Gasteiger partial charge in [0.15, 0.2) is 0 Å². The molecule has 2 saturated heterocycles. The average molecular weight is 473 g/mol. The summed E-state index contributed by atoms with van der Waals surface area (Å²) < 4.78 is 0. The standard InChI is InChI=1S/C26H37ClN4O2/c1-3-4-11-31(26(33)24-17-21-16-22(27)5-6-23(21)28-24)18-25(32)30-14-9-20(10-15-30)19-7-12-29(2)13-8-19/h5-6,16-17,19-20,28H,3-4,7-15,18H2,1-2H3. The number of rotatable bonds is 7. The van der Waals surface area contributed by atoms with E-state index in [1.165, 1.54) is 25.9 Å². The van der Waals surface area contributed by atoms with Crippen molar-refractivity contribution in [2.75, 3.05) is 46.3 Å². The zero-order chi connectivity index (χ0) is 23.4. The number of benzene rings is 1. The molecule has 2 aliphatic rings. The van der Waals surface area contributed by atoms with Crippen LogP contribution < -0.4 is 0 Å². The maximum absolute atomic E-state index is 13.3. The van der Waals surface area contributed by atoms with Crippen LogP contribution in [0, 0.1) is 11.8 Å². The Hall–Kier alpha value is -2.05. The number of hydrogen-bond acceptors (Lipinski definition) is 3. The highest BCUT2D eigenvalue weighted by Crippen LogP contribution is 2.32. The number of hydrogen-bond donors (Lipinski definition) is 1. The summed E-state index contributed by atoms with van der Waals surface area (Å²) in [7, 11) is 2.20. The van der Waals surface area contributed by atoms with Crippen molar-refractivity contribution in [2.24, 2.45) is 11.8 Å². The molecule has 3 heterocycles. The summed E-state index contributed by atoms with van der Waals surface area (Å²) in [6, 6.07) is 7.37. The van der Waals surface area contributed by atoms with Crippen molar-refractivity contribution >= 4 is 34.3 Å². The topological polar surface area (TPSA) is 59.7 Å². The summed E-state index contributed by atoms with van der Waals surface area (Å²) in [5.74, 6) is 1.49. The van der Waals surface area contributed by atoms with Gasteiger partial charge in [-0.2, -0.15) is 0 Å². The second-order valence-corrected chi connectivity index (χ2v) is 10.3. The number of nitrogens with one attached hydrogen (secondary N) is 1. The molecular weight excluding hydrogens is 436 g/mol. The number of piperidine rings is 2. The zero-order valence-corrected chi connectivity index (χ0v) is 20.7. The number of halogens is 1. The summed E-state index contributed by atoms with van der Waals surface area (Å²) in [6.45, 7) is 6.85. The Kier molecular flexibility index (Phi) is 7.97. The first-order valence-electron chi connectivity index (χ1n) is 12.5. The van der Waals surface area contributed by atoms with Crippen molar-refractivity contribution in [1.29, 1.82) is 0 Å². The zero-order valence-electron chi connectivity index (χ0n) is 20.0. The molecule has 0 aliphatic carbocycles. The van der Waals surface area contributed by atoms with Crippen molar-refractivity contribution in [3.8, 4) is 0 Å². The quantitative estimate of drug-likeness (QED) is 0.638. The van der Waals surface area contributed by atoms with E-state index >= 15 is 0 Å². The van der Waals surface area contributed by atoms with Crippen molar-refractivity contribution in [2.45, 2.75) is 45.4 Å². The molecule has 2 aliphatic heterocycles. The maximum atomic E-state index is 13.3. The van der Waals surface area contributed by atoms with Crippen molar-refractivity contribution in [3.05, 3.63) is 35.0 Å². The molecule has 0 radical (unpaired) electrons. The Labute approximate surface area is 202 Å². The molecular formula is C26H37ClN4O2. The molecule has 4 rings (SSSR count). The summed E-state index contributed by atoms with van der Waals surface area (Å²) in [5, 5.41) is 1.55. The highest BCUT2D eigenvalue weighted by atomic mass is 35.5. The fraction of sp³-hybridized carbons (Fsp3) is 0.615. The minimum Gasteiger partial charge on any atom is -0.351 e. The minimum absolute atomic E-state index is 0.0698. The molecule has 6 nitrogen and oxygen atoms in total. The number of amides is 2. The molecule has 0 saturated carbocycles. The van der Waals surface area contributed by atoms with Crippen LogP contribution in [0.25, 0.3) is 10.9 Å². The van der Waals surface area contributed by atoms with E-state index in [4.69, 9.17) is 11.6 Å². The third kappa shape index (κ3) is 5.90. The third-order valence-corrected chi connectivity index (χ3v) is 7.77. The normalized spacial score (nSPS) is 18.7. The first-order valence-corrected chi connectivity index (χ1v) is 12.9. The summed E-state index contributed by atoms with van der Waals surface area (Å²) in [5.41, 5.74) is 1.39. The van der Waals surface area contributed by atoms with Crippen LogP contribution >= 0.6 is 11.6 Å². The summed E-state index contributed by atoms with van der Waals surface area (Å²) in [6.07, 6.45) is 6.59. The fourth-order valence-corrected chi connectivity index (χ4v) is 5.55. The molecule has 1 aromatic carbocycles. The van der Waals surface area contributed by atoms with E-state index in [2.05, 4.69) is 23.9 Å². The number of nitrogens with zero attached hydrogens (tertiary/aromatic N) is 3. The smallest absolute Gasteiger partial charge is 0.270 e. The number of likely N-dealkylation sites (tertiary alicyclic amines) is 2. The Morgan fingerprint density at radius 1 is 1.06 bits per heavy atom. The molecule has 2 fully saturated rings. The molecule has 7 heteroatoms. The van der Waals surface area contributed by atoms with Gasteiger partial charge in [0.25, 0.3) is 5.91 Å². The molecule has 1 aromatic heterocycles. The lowest BCUT2D eigenvalue weighted by molar-refractivity contribution is -0.133. The molecule has 180 valence electrons. The van der Waals surface area contributed by atoms with Crippen LogP contribution in [0.4, 0.5) is 0 Å². The van der Waals surface area contributed by atoms with Crippen molar-refractivity contribution in [1.82, 2.24) is 19.7 Å². The first kappa shape index (κ1) is 24.1. The van der Waals surface area contributed by atoms with E-state index in [0.29, 0.717) is 17.3 Å². The number of aromatic nitrogens is 1. The highest BCUT2D eigenvalue weighted by Gasteiger charge is 2.31. The van der Waals surface area contributed by atoms with Crippen LogP contribution in [0.15, 0.2) is 24.3 Å². The number of fused-ring (bicyclic) bond motifs is 1. The van der Waals surface area contributed by atoms with Gasteiger partial charge in [-0.1, -0.05) is 24.9 Å². The molecule has 0 bridgehead atoms. The van der Waals surface area contributed by atoms with Gasteiger partial charge in [0.05, 0.1) is 0 Å². The van der Waals surface area contributed by atoms with Gasteiger partial charge in [-0.25, -0.2) is 0 Å². The lowest BCUT2D eigenvalue weighted by atomic mass is 9.79. The monoisotopic (exact) mass is 472 g/mol. The van der Waals surface area contributed by atoms with Gasteiger partial charge in [-0.05, 0) is 88.3 Å². The van der Waals surface area contributed by atoms with Gasteiger partial charge in [-0.3, -0.25) is 9.59 Å². The fourth-order valence-electron chi connectivity index (χ4n) is 5.37. The Morgan fingerprint density at radius 2 is 1.73 bits per heavy atom. The van der Waals surface area contributed by atoms with Crippen molar-refractivity contribution in [3.63, 3.8) is 0 Å². The SMILES string of the molecule is CCCCN(CC(=O)N1CCC(C2CCN(C)CC2)CC1)C(=O)c1cc2cc(Cl)ccc2[nH]1. The second-order valence-electron chi connectivity index (χ2n) is 9.85. The van der Waals surface area contributed by atoms with E-state index in [1.54, 1.807) is 4.90 Å². The van der Waals surface area contributed by atoms with Gasteiger partial charge >= 0.3 is 0 Å². The minimum atomic E-state index is -0.120. The number of unbranched alkanes of at least 4 members (excludes halogenated alkanes) is 1. The van der Waals surface area contributed by atoms with E-state index in [1.807, 2.05) is 29.2 Å². The van der Waals surface area contributed by atoms with Gasteiger partial charge in [0.2, 0.25) is 5.91 Å². The molecule has 0 spiro atoms. The van der Waals surface area contributed by atoms with Gasteiger partial charge in [0, 0.05) is 35.6 Å². The van der Waals surface area contributed by atoms with Crippen LogP contribution in [0.3, 0.4) is 0 Å². The Bertz CT molecular complexity index is 958. The lowest BCUT2D eigenvalue weighted by Gasteiger charge is -2.39. The molecule has 33 heavy (non-hydrogen) atoms. The largest absolute Gasteiger partial charge is 0.351 e. The number of carbonyl (C=O) groups is 2. The van der Waals surface area contributed by atoms with Gasteiger partial charge in [-0.15, -0.1) is 0 Å². The predicted molar refractivity (Wildman–Crippen MR) is 134 cm³/mol. The maximum Gasteiger partial charge on any atom is 0.270 e. The predicted octanol–water partition coefficient (Wildman–Crippen LogP) is 4.64. The van der Waals surface area contributed by atoms with Crippen LogP contribution in [-0.4, -0.2) is 77.8 Å². The number of aromatic amines is 1. The van der Waals surface area contributed by atoms with E-state index in [9.17, 15) is 9.59 Å². The van der Waals surface area contributed by atoms with Crippen LogP contribution in [0.2, 0.25) is 5.02 Å². The van der Waals surface area contributed by atoms with Crippen molar-refractivity contribution < 1.29 is 9.59 Å². The summed E-state index contributed by atoms with van der Waals surface area (Å²) >= 11 is 6.10. The molecule has 1 N–H and O–H groups in total. The van der Waals surface area contributed by atoms with Gasteiger partial charge < -0.3 is 19.7 Å². The summed E-state index contributed by atoms with van der Waals surface area (Å²) in [4.78, 5) is 35.7. The lowest BCUT2D eigenvalue weighted by Crippen LogP contribution is -2.47. The Balaban J connectivity index is 1.36. The third-order valence-electron chi connectivity index (χ3n) is 7.53. The second kappa shape index (κ2) is 10.9. The van der Waals surface area contributed by atoms with E-state index in [-0.39, 0.29) is 18.4 Å². The number of carbonyl (C=O) groups excluding carboxylic acids is 2. The molecule has 0 atom stereocenters. The van der Waals surface area contributed by atoms with Crippen LogP contribution in [0.5, 0.6) is 0 Å². The number of H-pyrrole nitrogens is 1. The van der Waals surface area contributed by atoms with E-state index in [0.717, 1.165) is 61.5 Å². The Morgan fingerprint density at radius 3 is 2.39 bits per heavy atom. The van der Waals surface area contributed by atoms with Crippen LogP contribution in [-0.2, 0) is 4.79 Å². The highest BCUT2D eigenvalue weighted by molar-refractivity contribution is 6.31. The molecule has 2 aromatic rings. The molecule has 2 amide bonds. The van der Waals surface area contributed by atoms with Gasteiger partial charge in [0.1, 0.15) is 12.2 Å².